The minimum Gasteiger partial charge on any atom is -0.481 e. The molecule has 0 unspecified atom stereocenters. The summed E-state index contributed by atoms with van der Waals surface area (Å²) in [5.74, 6) is -2.21. The van der Waals surface area contributed by atoms with Gasteiger partial charge in [-0.1, -0.05) is 25.4 Å². The third-order valence-corrected chi connectivity index (χ3v) is 9.53. The lowest BCUT2D eigenvalue weighted by molar-refractivity contribution is -0.152. The van der Waals surface area contributed by atoms with E-state index in [0.717, 1.165) is 23.7 Å². The number of halogens is 4. The Kier molecular flexibility index (Phi) is 8.89. The first-order chi connectivity index (χ1) is 19.4. The average molecular weight is 610 g/mol. The first-order valence-electron chi connectivity index (χ1n) is 14.4. The molecule has 2 aliphatic rings. The molecule has 2 aromatic rings. The minimum atomic E-state index is -4.89. The van der Waals surface area contributed by atoms with Gasteiger partial charge in [0.2, 0.25) is 0 Å². The number of rotatable bonds is 7. The number of carbonyl (C=O) groups excluding carboxylic acids is 2. The van der Waals surface area contributed by atoms with Crippen LogP contribution in [0.5, 0.6) is 0 Å². The van der Waals surface area contributed by atoms with E-state index in [4.69, 9.17) is 11.6 Å². The summed E-state index contributed by atoms with van der Waals surface area (Å²) in [4.78, 5) is 40.7. The Morgan fingerprint density at radius 2 is 1.57 bits per heavy atom. The van der Waals surface area contributed by atoms with Crippen molar-refractivity contribution in [1.29, 1.82) is 0 Å². The van der Waals surface area contributed by atoms with E-state index in [2.05, 4.69) is 18.9 Å². The number of aliphatic carboxylic acids is 1. The van der Waals surface area contributed by atoms with Gasteiger partial charge in [0.15, 0.2) is 11.5 Å². The lowest BCUT2D eigenvalue weighted by Gasteiger charge is -2.40. The van der Waals surface area contributed by atoms with Crippen LogP contribution in [0.15, 0.2) is 18.3 Å². The smallest absolute Gasteiger partial charge is 0.433 e. The van der Waals surface area contributed by atoms with E-state index in [1.807, 2.05) is 0 Å². The Labute approximate surface area is 249 Å². The van der Waals surface area contributed by atoms with Gasteiger partial charge in [-0.25, -0.2) is 0 Å². The summed E-state index contributed by atoms with van der Waals surface area (Å²) in [6.07, 6.45) is -0.479. The van der Waals surface area contributed by atoms with Crippen molar-refractivity contribution >= 4 is 29.3 Å². The van der Waals surface area contributed by atoms with Crippen molar-refractivity contribution in [3.8, 4) is 0 Å². The second-order valence-electron chi connectivity index (χ2n) is 13.1. The number of hydrogen-bond donors (Lipinski definition) is 1. The minimum absolute atomic E-state index is 0.0338. The molecule has 7 nitrogen and oxygen atoms in total. The molecule has 1 aromatic carbocycles. The molecular formula is C31H39ClF3N3O4. The van der Waals surface area contributed by atoms with Gasteiger partial charge in [0.25, 0.3) is 5.91 Å². The van der Waals surface area contributed by atoms with Crippen molar-refractivity contribution in [3.05, 3.63) is 51.3 Å². The van der Waals surface area contributed by atoms with Crippen molar-refractivity contribution in [2.75, 3.05) is 6.54 Å². The molecule has 0 atom stereocenters. The van der Waals surface area contributed by atoms with Gasteiger partial charge >= 0.3 is 12.1 Å². The van der Waals surface area contributed by atoms with Crippen LogP contribution in [-0.4, -0.2) is 50.0 Å². The normalized spacial score (nSPS) is 23.0. The Morgan fingerprint density at radius 1 is 1.02 bits per heavy atom. The summed E-state index contributed by atoms with van der Waals surface area (Å²) < 4.78 is 44.7. The number of carboxylic acid groups (broad SMARTS) is 1. The maximum absolute atomic E-state index is 14.6. The van der Waals surface area contributed by atoms with Crippen LogP contribution in [0.3, 0.4) is 0 Å². The van der Waals surface area contributed by atoms with Crippen LogP contribution < -0.4 is 0 Å². The molecule has 2 saturated carbocycles. The van der Waals surface area contributed by atoms with E-state index in [1.54, 1.807) is 32.9 Å². The molecule has 42 heavy (non-hydrogen) atoms. The number of hydrogen-bond acceptors (Lipinski definition) is 4. The fourth-order valence-electron chi connectivity index (χ4n) is 6.58. The predicted octanol–water partition coefficient (Wildman–Crippen LogP) is 7.67. The Balaban J connectivity index is 1.70. The highest BCUT2D eigenvalue weighted by Crippen LogP contribution is 2.44. The molecule has 1 heterocycles. The van der Waals surface area contributed by atoms with Gasteiger partial charge < -0.3 is 10.0 Å². The van der Waals surface area contributed by atoms with Gasteiger partial charge in [-0.2, -0.15) is 18.3 Å². The Hall–Kier alpha value is -2.88. The van der Waals surface area contributed by atoms with Crippen LogP contribution >= 0.6 is 11.6 Å². The zero-order valence-electron chi connectivity index (χ0n) is 24.8. The highest BCUT2D eigenvalue weighted by Gasteiger charge is 2.46. The third kappa shape index (κ3) is 6.53. The quantitative estimate of drug-likeness (QED) is 0.325. The maximum atomic E-state index is 14.6. The molecule has 4 rings (SSSR count). The number of carboxylic acids is 1. The van der Waals surface area contributed by atoms with Gasteiger partial charge in [0.1, 0.15) is 0 Å². The number of Topliss-reactive ketones (excluding diaryl/α,β-unsaturated/α-hetero) is 1. The number of alkyl halides is 3. The van der Waals surface area contributed by atoms with Gasteiger partial charge in [-0.3, -0.25) is 19.1 Å². The van der Waals surface area contributed by atoms with Gasteiger partial charge in [0.05, 0.1) is 29.8 Å². The highest BCUT2D eigenvalue weighted by atomic mass is 35.5. The summed E-state index contributed by atoms with van der Waals surface area (Å²) in [6, 6.07) is 2.21. The Bertz CT molecular complexity index is 1340. The van der Waals surface area contributed by atoms with E-state index in [-0.39, 0.29) is 43.4 Å². The number of nitrogens with zero attached hydrogens (tertiary/aromatic N) is 3. The van der Waals surface area contributed by atoms with Crippen molar-refractivity contribution in [3.63, 3.8) is 0 Å². The van der Waals surface area contributed by atoms with Crippen LogP contribution in [0.2, 0.25) is 5.02 Å². The lowest BCUT2D eigenvalue weighted by atomic mass is 9.74. The van der Waals surface area contributed by atoms with Crippen LogP contribution in [-0.2, 0) is 11.0 Å². The lowest BCUT2D eigenvalue weighted by Crippen LogP contribution is -2.46. The number of aromatic nitrogens is 2. The number of carbonyl (C=O) groups is 3. The SMILES string of the molecule is Cc1cc(Cl)cc(C)c1C(=O)CN(C(=O)c1cnn(C2CCC(C)(C(=O)O)CC2)c1C(F)(F)F)C1CCC(C)(C)CC1. The second-order valence-corrected chi connectivity index (χ2v) is 13.5. The van der Waals surface area contributed by atoms with E-state index in [0.29, 0.717) is 34.6 Å². The standard InChI is InChI=1S/C31H39ClF3N3O4/c1-18-14-20(32)15-19(2)25(18)24(39)17-37(21-6-10-29(3,4)11-7-21)27(40)23-16-36-38(26(23)31(33,34)35)22-8-12-30(5,13-9-22)28(41)42/h14-16,21-22H,6-13,17H2,1-5H3,(H,41,42). The zero-order chi connectivity index (χ0) is 31.2. The first-order valence-corrected chi connectivity index (χ1v) is 14.8. The van der Waals surface area contributed by atoms with E-state index in [9.17, 15) is 32.7 Å². The molecule has 1 N–H and O–H groups in total. The molecule has 0 radical (unpaired) electrons. The number of aryl methyl sites for hydroxylation is 2. The molecule has 0 saturated heterocycles. The van der Waals surface area contributed by atoms with Gasteiger partial charge in [-0.15, -0.1) is 0 Å². The second kappa shape index (κ2) is 11.7. The monoisotopic (exact) mass is 609 g/mol. The molecule has 0 spiro atoms. The molecule has 2 fully saturated rings. The predicted molar refractivity (Wildman–Crippen MR) is 153 cm³/mol. The highest BCUT2D eigenvalue weighted by molar-refractivity contribution is 6.31. The van der Waals surface area contributed by atoms with Crippen LogP contribution in [0.25, 0.3) is 0 Å². The molecule has 11 heteroatoms. The van der Waals surface area contributed by atoms with Crippen molar-refractivity contribution in [1.82, 2.24) is 14.7 Å². The summed E-state index contributed by atoms with van der Waals surface area (Å²) in [5, 5.41) is 14.1. The van der Waals surface area contributed by atoms with Crippen molar-refractivity contribution in [2.45, 2.75) is 104 Å². The molecule has 230 valence electrons. The van der Waals surface area contributed by atoms with Gasteiger partial charge in [0, 0.05) is 16.6 Å². The van der Waals surface area contributed by atoms with Crippen molar-refractivity contribution < 1.29 is 32.7 Å². The number of benzene rings is 1. The van der Waals surface area contributed by atoms with Crippen molar-refractivity contribution in [2.24, 2.45) is 10.8 Å². The van der Waals surface area contributed by atoms with E-state index < -0.39 is 46.8 Å². The van der Waals surface area contributed by atoms with E-state index in [1.165, 1.54) is 4.90 Å². The summed E-state index contributed by atoms with van der Waals surface area (Å²) in [6.45, 7) is 8.95. The summed E-state index contributed by atoms with van der Waals surface area (Å²) in [5.41, 5.74) is -1.03. The fourth-order valence-corrected chi connectivity index (χ4v) is 6.91. The van der Waals surface area contributed by atoms with E-state index >= 15 is 0 Å². The van der Waals surface area contributed by atoms with Crippen LogP contribution in [0, 0.1) is 24.7 Å². The van der Waals surface area contributed by atoms with Crippen LogP contribution in [0.1, 0.15) is 116 Å². The fraction of sp³-hybridized carbons (Fsp3) is 0.613. The summed E-state index contributed by atoms with van der Waals surface area (Å²) in [7, 11) is 0. The number of ketones is 1. The summed E-state index contributed by atoms with van der Waals surface area (Å²) >= 11 is 6.15. The molecule has 2 aliphatic carbocycles. The third-order valence-electron chi connectivity index (χ3n) is 9.32. The average Bonchev–Trinajstić information content (AvgIpc) is 3.33. The van der Waals surface area contributed by atoms with Gasteiger partial charge in [-0.05, 0) is 101 Å². The molecule has 0 bridgehead atoms. The molecule has 1 amide bonds. The topological polar surface area (TPSA) is 92.5 Å². The van der Waals surface area contributed by atoms with Crippen LogP contribution in [0.4, 0.5) is 13.2 Å². The molecular weight excluding hydrogens is 571 g/mol. The molecule has 1 aromatic heterocycles. The zero-order valence-corrected chi connectivity index (χ0v) is 25.5. The first kappa shape index (κ1) is 32.0. The maximum Gasteiger partial charge on any atom is 0.433 e. The Morgan fingerprint density at radius 3 is 2.07 bits per heavy atom. The largest absolute Gasteiger partial charge is 0.481 e. The molecule has 0 aliphatic heterocycles. The number of amides is 1.